The standard InChI is InChI=1S/C17H20N2O3S/c1-17(10-12-4-2-9-23-12)6-3-7-19(17)16(20)15-13-11-21-8-5-14(13)22-18-15/h2,4,9H,3,5-8,10-11H2,1H3. The first-order chi connectivity index (χ1) is 11.2. The summed E-state index contributed by atoms with van der Waals surface area (Å²) >= 11 is 1.75. The van der Waals surface area contributed by atoms with Crippen LogP contribution in [0.3, 0.4) is 0 Å². The summed E-state index contributed by atoms with van der Waals surface area (Å²) in [7, 11) is 0. The van der Waals surface area contributed by atoms with Gasteiger partial charge in [0.05, 0.1) is 18.8 Å². The summed E-state index contributed by atoms with van der Waals surface area (Å²) in [4.78, 5) is 16.4. The second-order valence-corrected chi connectivity index (χ2v) is 7.58. The molecule has 4 rings (SSSR count). The predicted octanol–water partition coefficient (Wildman–Crippen LogP) is 3.05. The molecule has 5 nitrogen and oxygen atoms in total. The third-order valence-electron chi connectivity index (χ3n) is 4.92. The molecule has 0 aliphatic carbocycles. The summed E-state index contributed by atoms with van der Waals surface area (Å²) < 4.78 is 10.8. The number of hydrogen-bond donors (Lipinski definition) is 0. The second-order valence-electron chi connectivity index (χ2n) is 6.55. The number of hydrogen-bond acceptors (Lipinski definition) is 5. The van der Waals surface area contributed by atoms with Gasteiger partial charge in [0.1, 0.15) is 5.76 Å². The summed E-state index contributed by atoms with van der Waals surface area (Å²) in [6.45, 7) is 4.02. The van der Waals surface area contributed by atoms with E-state index in [1.807, 2.05) is 4.90 Å². The van der Waals surface area contributed by atoms with Crippen LogP contribution in [0.5, 0.6) is 0 Å². The first-order valence-electron chi connectivity index (χ1n) is 8.07. The smallest absolute Gasteiger partial charge is 0.276 e. The summed E-state index contributed by atoms with van der Waals surface area (Å²) in [6.07, 6.45) is 3.65. The minimum atomic E-state index is -0.150. The second kappa shape index (κ2) is 5.76. The topological polar surface area (TPSA) is 55.6 Å². The van der Waals surface area contributed by atoms with Crippen molar-refractivity contribution in [3.05, 3.63) is 39.4 Å². The van der Waals surface area contributed by atoms with Gasteiger partial charge in [-0.3, -0.25) is 4.79 Å². The van der Waals surface area contributed by atoms with E-state index in [4.69, 9.17) is 9.26 Å². The summed E-state index contributed by atoms with van der Waals surface area (Å²) in [5, 5.41) is 6.15. The van der Waals surface area contributed by atoms with Crippen molar-refractivity contribution in [3.8, 4) is 0 Å². The predicted molar refractivity (Wildman–Crippen MR) is 86.6 cm³/mol. The molecule has 6 heteroatoms. The molecule has 1 amide bonds. The number of fused-ring (bicyclic) bond motifs is 1. The lowest BCUT2D eigenvalue weighted by Crippen LogP contribution is -2.47. The Hall–Kier alpha value is -1.66. The van der Waals surface area contributed by atoms with E-state index in [9.17, 15) is 4.79 Å². The Bertz CT molecular complexity index is 710. The van der Waals surface area contributed by atoms with Gasteiger partial charge < -0.3 is 14.2 Å². The molecule has 0 spiro atoms. The van der Waals surface area contributed by atoms with Crippen molar-refractivity contribution in [2.75, 3.05) is 13.2 Å². The molecule has 0 bridgehead atoms. The van der Waals surface area contributed by atoms with E-state index in [0.717, 1.165) is 37.1 Å². The van der Waals surface area contributed by atoms with Gasteiger partial charge in [0.25, 0.3) is 5.91 Å². The average Bonchev–Trinajstić information content (AvgIpc) is 3.26. The fourth-order valence-electron chi connectivity index (χ4n) is 3.67. The maximum absolute atomic E-state index is 13.1. The van der Waals surface area contributed by atoms with Crippen LogP contribution in [0.4, 0.5) is 0 Å². The molecule has 23 heavy (non-hydrogen) atoms. The van der Waals surface area contributed by atoms with Crippen molar-refractivity contribution in [2.24, 2.45) is 0 Å². The number of aromatic nitrogens is 1. The normalized spacial score (nSPS) is 24.0. The molecule has 0 N–H and O–H groups in total. The van der Waals surface area contributed by atoms with Gasteiger partial charge in [0.2, 0.25) is 0 Å². The number of likely N-dealkylation sites (tertiary alicyclic amines) is 1. The lowest BCUT2D eigenvalue weighted by molar-refractivity contribution is 0.0607. The average molecular weight is 332 g/mol. The molecule has 2 aromatic heterocycles. The third kappa shape index (κ3) is 2.60. The number of amides is 1. The first-order valence-corrected chi connectivity index (χ1v) is 8.95. The number of nitrogens with zero attached hydrogens (tertiary/aromatic N) is 2. The molecule has 2 aliphatic rings. The Balaban J connectivity index is 1.61. The highest BCUT2D eigenvalue weighted by molar-refractivity contribution is 7.09. The van der Waals surface area contributed by atoms with Crippen LogP contribution in [0, 0.1) is 0 Å². The molecular formula is C17H20N2O3S. The van der Waals surface area contributed by atoms with Gasteiger partial charge in [-0.15, -0.1) is 11.3 Å². The summed E-state index contributed by atoms with van der Waals surface area (Å²) in [6, 6.07) is 4.21. The van der Waals surface area contributed by atoms with Crippen LogP contribution in [-0.2, 0) is 24.2 Å². The number of thiophene rings is 1. The minimum Gasteiger partial charge on any atom is -0.376 e. The Morgan fingerprint density at radius 1 is 1.52 bits per heavy atom. The van der Waals surface area contributed by atoms with E-state index in [-0.39, 0.29) is 11.4 Å². The fraction of sp³-hybridized carbons (Fsp3) is 0.529. The minimum absolute atomic E-state index is 0.0166. The Kier molecular flexibility index (Phi) is 3.73. The maximum Gasteiger partial charge on any atom is 0.276 e. The lowest BCUT2D eigenvalue weighted by atomic mass is 9.93. The van der Waals surface area contributed by atoms with Crippen LogP contribution in [0.2, 0.25) is 0 Å². The van der Waals surface area contributed by atoms with E-state index in [1.165, 1.54) is 4.88 Å². The van der Waals surface area contributed by atoms with Gasteiger partial charge in [-0.2, -0.15) is 0 Å². The van der Waals surface area contributed by atoms with Gasteiger partial charge in [-0.25, -0.2) is 0 Å². The third-order valence-corrected chi connectivity index (χ3v) is 5.80. The molecule has 1 saturated heterocycles. The highest BCUT2D eigenvalue weighted by Crippen LogP contribution is 2.35. The number of rotatable bonds is 3. The van der Waals surface area contributed by atoms with Crippen LogP contribution in [-0.4, -0.2) is 34.7 Å². The van der Waals surface area contributed by atoms with Crippen molar-refractivity contribution in [1.29, 1.82) is 0 Å². The van der Waals surface area contributed by atoms with Crippen molar-refractivity contribution in [1.82, 2.24) is 10.1 Å². The van der Waals surface area contributed by atoms with Gasteiger partial charge in [0.15, 0.2) is 5.69 Å². The SMILES string of the molecule is CC1(Cc2cccs2)CCCN1C(=O)c1noc2c1COCC2. The molecule has 1 fully saturated rings. The van der Waals surface area contributed by atoms with Crippen LogP contribution >= 0.6 is 11.3 Å². The zero-order valence-corrected chi connectivity index (χ0v) is 14.0. The summed E-state index contributed by atoms with van der Waals surface area (Å²) in [5.41, 5.74) is 1.13. The van der Waals surface area contributed by atoms with Crippen LogP contribution in [0.15, 0.2) is 22.0 Å². The van der Waals surface area contributed by atoms with E-state index < -0.39 is 0 Å². The molecule has 1 atom stereocenters. The molecule has 4 heterocycles. The zero-order valence-electron chi connectivity index (χ0n) is 13.2. The number of carbonyl (C=O) groups excluding carboxylic acids is 1. The molecule has 122 valence electrons. The van der Waals surface area contributed by atoms with Crippen LogP contribution in [0.25, 0.3) is 0 Å². The molecular weight excluding hydrogens is 312 g/mol. The number of ether oxygens (including phenoxy) is 1. The van der Waals surface area contributed by atoms with Crippen molar-refractivity contribution >= 4 is 17.2 Å². The quantitative estimate of drug-likeness (QED) is 0.867. The van der Waals surface area contributed by atoms with Gasteiger partial charge in [-0.1, -0.05) is 11.2 Å². The van der Waals surface area contributed by atoms with E-state index in [2.05, 4.69) is 29.6 Å². The fourth-order valence-corrected chi connectivity index (χ4v) is 4.55. The highest BCUT2D eigenvalue weighted by atomic mass is 32.1. The van der Waals surface area contributed by atoms with Crippen molar-refractivity contribution in [3.63, 3.8) is 0 Å². The Labute approximate surface area is 139 Å². The van der Waals surface area contributed by atoms with E-state index in [1.54, 1.807) is 11.3 Å². The lowest BCUT2D eigenvalue weighted by Gasteiger charge is -2.35. The van der Waals surface area contributed by atoms with Gasteiger partial charge >= 0.3 is 0 Å². The highest BCUT2D eigenvalue weighted by Gasteiger charge is 2.42. The molecule has 1 unspecified atom stereocenters. The summed E-state index contributed by atoms with van der Waals surface area (Å²) in [5.74, 6) is 0.788. The van der Waals surface area contributed by atoms with E-state index >= 15 is 0 Å². The molecule has 0 saturated carbocycles. The first kappa shape index (κ1) is 14.9. The zero-order chi connectivity index (χ0) is 15.9. The Morgan fingerprint density at radius 2 is 2.43 bits per heavy atom. The van der Waals surface area contributed by atoms with Crippen LogP contribution < -0.4 is 0 Å². The Morgan fingerprint density at radius 3 is 3.26 bits per heavy atom. The maximum atomic E-state index is 13.1. The molecule has 2 aliphatic heterocycles. The van der Waals surface area contributed by atoms with Crippen molar-refractivity contribution in [2.45, 2.75) is 44.8 Å². The largest absolute Gasteiger partial charge is 0.376 e. The van der Waals surface area contributed by atoms with Gasteiger partial charge in [-0.05, 0) is 31.2 Å². The molecule has 2 aromatic rings. The number of carbonyl (C=O) groups is 1. The van der Waals surface area contributed by atoms with Gasteiger partial charge in [0, 0.05) is 29.8 Å². The van der Waals surface area contributed by atoms with Crippen LogP contribution in [0.1, 0.15) is 46.5 Å². The van der Waals surface area contributed by atoms with Crippen molar-refractivity contribution < 1.29 is 14.1 Å². The molecule has 0 radical (unpaired) electrons. The monoisotopic (exact) mass is 332 g/mol. The van der Waals surface area contributed by atoms with E-state index in [0.29, 0.717) is 25.3 Å². The molecule has 0 aromatic carbocycles.